The lowest BCUT2D eigenvalue weighted by Crippen LogP contribution is -2.42. The number of aliphatic hydroxyl groups is 1. The Bertz CT molecular complexity index is 457. The molecule has 1 amide bonds. The van der Waals surface area contributed by atoms with Crippen LogP contribution in [0.1, 0.15) is 17.5 Å². The van der Waals surface area contributed by atoms with Crippen LogP contribution < -0.4 is 0 Å². The maximum atomic E-state index is 12.0. The van der Waals surface area contributed by atoms with Crippen LogP contribution in [0.25, 0.3) is 0 Å². The molecule has 0 radical (unpaired) electrons. The number of carbonyl (C=O) groups excluding carboxylic acids is 1. The van der Waals surface area contributed by atoms with Crippen molar-refractivity contribution in [3.8, 4) is 0 Å². The molecular formula is C12H14N2O3. The van der Waals surface area contributed by atoms with Crippen molar-refractivity contribution in [2.45, 2.75) is 13.0 Å². The second kappa shape index (κ2) is 4.97. The third-order valence-electron chi connectivity index (χ3n) is 2.81. The number of benzene rings is 1. The van der Waals surface area contributed by atoms with Gasteiger partial charge in [0.1, 0.15) is 0 Å². The Morgan fingerprint density at radius 2 is 2.12 bits per heavy atom. The molecule has 0 saturated carbocycles. The lowest BCUT2D eigenvalue weighted by Gasteiger charge is -2.28. The Hall–Kier alpha value is -1.88. The van der Waals surface area contributed by atoms with E-state index in [-0.39, 0.29) is 18.2 Å². The van der Waals surface area contributed by atoms with Gasteiger partial charge in [-0.1, -0.05) is 29.4 Å². The Balaban J connectivity index is 2.32. The molecule has 1 aliphatic rings. The first-order valence-electron chi connectivity index (χ1n) is 5.48. The predicted octanol–water partition coefficient (Wildman–Crippen LogP) is 0.589. The molecule has 1 aromatic carbocycles. The maximum Gasteiger partial charge on any atom is 0.276 e. The fourth-order valence-corrected chi connectivity index (χ4v) is 1.97. The average molecular weight is 234 g/mol. The molecule has 5 heteroatoms. The Morgan fingerprint density at radius 1 is 1.35 bits per heavy atom. The molecule has 0 aliphatic carbocycles. The van der Waals surface area contributed by atoms with E-state index in [9.17, 15) is 4.79 Å². The normalized spacial score (nSPS) is 17.4. The van der Waals surface area contributed by atoms with E-state index in [1.54, 1.807) is 17.0 Å². The maximum absolute atomic E-state index is 12.0. The first kappa shape index (κ1) is 11.6. The summed E-state index contributed by atoms with van der Waals surface area (Å²) in [6, 6.07) is 7.36. The second-order valence-electron chi connectivity index (χ2n) is 3.91. The van der Waals surface area contributed by atoms with Gasteiger partial charge in [-0.2, -0.15) is 0 Å². The number of hydrogen-bond donors (Lipinski definition) is 2. The number of aliphatic hydroxyl groups excluding tert-OH is 1. The predicted molar refractivity (Wildman–Crippen MR) is 61.9 cm³/mol. The molecule has 0 atom stereocenters. The minimum Gasteiger partial charge on any atom is -0.410 e. The Kier molecular flexibility index (Phi) is 3.39. The first-order chi connectivity index (χ1) is 8.27. The summed E-state index contributed by atoms with van der Waals surface area (Å²) in [5, 5.41) is 20.8. The van der Waals surface area contributed by atoms with E-state index in [1.807, 2.05) is 12.1 Å². The number of rotatable bonds is 3. The van der Waals surface area contributed by atoms with Crippen LogP contribution in [0.2, 0.25) is 0 Å². The highest BCUT2D eigenvalue weighted by Gasteiger charge is 2.29. The highest BCUT2D eigenvalue weighted by Crippen LogP contribution is 2.20. The van der Waals surface area contributed by atoms with Crippen LogP contribution in [-0.2, 0) is 11.3 Å². The van der Waals surface area contributed by atoms with Crippen LogP contribution >= 0.6 is 0 Å². The summed E-state index contributed by atoms with van der Waals surface area (Å²) in [6.45, 7) is 0.994. The van der Waals surface area contributed by atoms with Crippen LogP contribution in [0.3, 0.4) is 0 Å². The summed E-state index contributed by atoms with van der Waals surface area (Å²) in [6.07, 6.45) is 0.520. The molecule has 1 aromatic rings. The number of amides is 1. The molecule has 17 heavy (non-hydrogen) atoms. The molecule has 0 spiro atoms. The zero-order valence-corrected chi connectivity index (χ0v) is 9.33. The van der Waals surface area contributed by atoms with E-state index in [0.717, 1.165) is 5.56 Å². The van der Waals surface area contributed by atoms with Crippen molar-refractivity contribution in [1.82, 2.24) is 4.90 Å². The van der Waals surface area contributed by atoms with Crippen molar-refractivity contribution in [2.24, 2.45) is 5.16 Å². The van der Waals surface area contributed by atoms with Gasteiger partial charge < -0.3 is 15.2 Å². The molecule has 1 aliphatic heterocycles. The minimum atomic E-state index is -0.292. The highest BCUT2D eigenvalue weighted by atomic mass is 16.4. The van der Waals surface area contributed by atoms with Crippen molar-refractivity contribution in [2.75, 3.05) is 13.2 Å². The molecule has 0 fully saturated rings. The van der Waals surface area contributed by atoms with E-state index < -0.39 is 0 Å². The van der Waals surface area contributed by atoms with Gasteiger partial charge in [-0.3, -0.25) is 4.79 Å². The zero-order valence-electron chi connectivity index (χ0n) is 9.33. The van der Waals surface area contributed by atoms with Gasteiger partial charge in [0, 0.05) is 25.3 Å². The van der Waals surface area contributed by atoms with E-state index in [1.165, 1.54) is 0 Å². The van der Waals surface area contributed by atoms with Crippen molar-refractivity contribution in [1.29, 1.82) is 0 Å². The molecule has 0 saturated heterocycles. The molecule has 0 unspecified atom stereocenters. The van der Waals surface area contributed by atoms with E-state index in [2.05, 4.69) is 5.16 Å². The summed E-state index contributed by atoms with van der Waals surface area (Å²) < 4.78 is 0. The molecule has 5 nitrogen and oxygen atoms in total. The summed E-state index contributed by atoms with van der Waals surface area (Å²) >= 11 is 0. The molecule has 90 valence electrons. The number of hydrogen-bond acceptors (Lipinski definition) is 4. The summed E-state index contributed by atoms with van der Waals surface area (Å²) in [5.41, 5.74) is 1.71. The summed E-state index contributed by atoms with van der Waals surface area (Å²) in [7, 11) is 0. The molecule has 1 heterocycles. The Morgan fingerprint density at radius 3 is 2.82 bits per heavy atom. The molecule has 2 rings (SSSR count). The third-order valence-corrected chi connectivity index (χ3v) is 2.81. The topological polar surface area (TPSA) is 73.1 Å². The van der Waals surface area contributed by atoms with Crippen LogP contribution in [0, 0.1) is 0 Å². The number of carbonyl (C=O) groups is 1. The fourth-order valence-electron chi connectivity index (χ4n) is 1.97. The van der Waals surface area contributed by atoms with Gasteiger partial charge in [0.25, 0.3) is 5.91 Å². The number of oxime groups is 1. The SMILES string of the molecule is O=C1/C(=N/O)c2ccccc2CN1CCCO. The molecule has 2 N–H and O–H groups in total. The second-order valence-corrected chi connectivity index (χ2v) is 3.91. The largest absolute Gasteiger partial charge is 0.410 e. The number of fused-ring (bicyclic) bond motifs is 1. The van der Waals surface area contributed by atoms with Gasteiger partial charge >= 0.3 is 0 Å². The quantitative estimate of drug-likeness (QED) is 0.594. The molecule has 0 aromatic heterocycles. The van der Waals surface area contributed by atoms with Crippen LogP contribution in [-0.4, -0.2) is 40.0 Å². The van der Waals surface area contributed by atoms with Crippen molar-refractivity contribution in [3.05, 3.63) is 35.4 Å². The van der Waals surface area contributed by atoms with Gasteiger partial charge in [-0.15, -0.1) is 0 Å². The fraction of sp³-hybridized carbons (Fsp3) is 0.333. The van der Waals surface area contributed by atoms with Crippen molar-refractivity contribution < 1.29 is 15.1 Å². The minimum absolute atomic E-state index is 0.0387. The highest BCUT2D eigenvalue weighted by molar-refractivity contribution is 6.46. The van der Waals surface area contributed by atoms with Crippen LogP contribution in [0.4, 0.5) is 0 Å². The van der Waals surface area contributed by atoms with Crippen LogP contribution in [0.15, 0.2) is 29.4 Å². The van der Waals surface area contributed by atoms with Crippen molar-refractivity contribution in [3.63, 3.8) is 0 Å². The van der Waals surface area contributed by atoms with E-state index >= 15 is 0 Å². The van der Waals surface area contributed by atoms with Crippen molar-refractivity contribution >= 4 is 11.6 Å². The summed E-state index contributed by atoms with van der Waals surface area (Å²) in [4.78, 5) is 13.6. The molecule has 0 bridgehead atoms. The average Bonchev–Trinajstić information content (AvgIpc) is 2.36. The van der Waals surface area contributed by atoms with Gasteiger partial charge in [-0.05, 0) is 12.0 Å². The van der Waals surface area contributed by atoms with E-state index in [4.69, 9.17) is 10.3 Å². The monoisotopic (exact) mass is 234 g/mol. The van der Waals surface area contributed by atoms with Gasteiger partial charge in [0.2, 0.25) is 0 Å². The standard InChI is InChI=1S/C12H14N2O3/c15-7-3-6-14-8-9-4-1-2-5-10(9)11(13-17)12(14)16/h1-2,4-5,15,17H,3,6-8H2/b13-11+. The van der Waals surface area contributed by atoms with E-state index in [0.29, 0.717) is 25.1 Å². The molecular weight excluding hydrogens is 220 g/mol. The van der Waals surface area contributed by atoms with Crippen LogP contribution in [0.5, 0.6) is 0 Å². The number of nitrogens with zero attached hydrogens (tertiary/aromatic N) is 2. The summed E-state index contributed by atoms with van der Waals surface area (Å²) in [5.74, 6) is -0.292. The Labute approximate surface area is 99.0 Å². The lowest BCUT2D eigenvalue weighted by atomic mass is 9.97. The smallest absolute Gasteiger partial charge is 0.276 e. The lowest BCUT2D eigenvalue weighted by molar-refractivity contribution is -0.125. The van der Waals surface area contributed by atoms with Gasteiger partial charge in [0.15, 0.2) is 5.71 Å². The zero-order chi connectivity index (χ0) is 12.3. The third kappa shape index (κ3) is 2.14. The van der Waals surface area contributed by atoms with Gasteiger partial charge in [0.05, 0.1) is 0 Å². The van der Waals surface area contributed by atoms with Gasteiger partial charge in [-0.25, -0.2) is 0 Å². The first-order valence-corrected chi connectivity index (χ1v) is 5.48.